The van der Waals surface area contributed by atoms with E-state index in [9.17, 15) is 14.4 Å². The molecule has 7 heteroatoms. The van der Waals surface area contributed by atoms with Crippen LogP contribution in [0.25, 0.3) is 10.2 Å². The number of nitrogens with zero attached hydrogens (tertiary/aromatic N) is 3. The van der Waals surface area contributed by atoms with Gasteiger partial charge in [0, 0.05) is 25.6 Å². The first kappa shape index (κ1) is 19.3. The van der Waals surface area contributed by atoms with Crippen molar-refractivity contribution >= 4 is 39.3 Å². The first-order chi connectivity index (χ1) is 14.0. The average molecular weight is 407 g/mol. The molecule has 1 aliphatic heterocycles. The van der Waals surface area contributed by atoms with Gasteiger partial charge in [0.05, 0.1) is 22.7 Å². The van der Waals surface area contributed by atoms with Crippen molar-refractivity contribution in [2.24, 2.45) is 0 Å². The molecule has 0 saturated carbocycles. The molecule has 1 aliphatic rings. The normalized spacial score (nSPS) is 14.8. The predicted molar refractivity (Wildman–Crippen MR) is 112 cm³/mol. The average Bonchev–Trinajstić information content (AvgIpc) is 3.16. The largest absolute Gasteiger partial charge is 0.337 e. The maximum atomic E-state index is 12.7. The number of hydrogen-bond donors (Lipinski definition) is 0. The maximum absolute atomic E-state index is 12.7. The molecule has 0 aliphatic carbocycles. The van der Waals surface area contributed by atoms with E-state index in [-0.39, 0.29) is 43.1 Å². The molecule has 0 radical (unpaired) electrons. The van der Waals surface area contributed by atoms with Crippen LogP contribution in [0.3, 0.4) is 0 Å². The van der Waals surface area contributed by atoms with Crippen LogP contribution in [-0.2, 0) is 16.0 Å². The van der Waals surface area contributed by atoms with Crippen LogP contribution >= 0.6 is 11.3 Å². The van der Waals surface area contributed by atoms with E-state index in [1.807, 2.05) is 37.3 Å². The highest BCUT2D eigenvalue weighted by atomic mass is 32.1. The Labute approximate surface area is 172 Å². The molecule has 0 unspecified atom stereocenters. The molecule has 0 saturated heterocycles. The van der Waals surface area contributed by atoms with Crippen molar-refractivity contribution < 1.29 is 14.4 Å². The fourth-order valence-electron chi connectivity index (χ4n) is 3.46. The van der Waals surface area contributed by atoms with Crippen molar-refractivity contribution in [1.82, 2.24) is 14.8 Å². The quantitative estimate of drug-likeness (QED) is 0.608. The molecule has 0 N–H and O–H groups in total. The van der Waals surface area contributed by atoms with E-state index in [1.54, 1.807) is 41.5 Å². The Morgan fingerprint density at radius 3 is 2.69 bits per heavy atom. The third kappa shape index (κ3) is 3.65. The Hall–Kier alpha value is -3.06. The molecule has 1 aromatic heterocycles. The summed E-state index contributed by atoms with van der Waals surface area (Å²) in [6.07, 6.45) is 0.277. The summed E-state index contributed by atoms with van der Waals surface area (Å²) in [6.45, 7) is 2.02. The second-order valence-corrected chi connectivity index (χ2v) is 8.20. The highest BCUT2D eigenvalue weighted by Crippen LogP contribution is 2.29. The first-order valence-corrected chi connectivity index (χ1v) is 10.3. The minimum absolute atomic E-state index is 0.0851. The number of imide groups is 1. The van der Waals surface area contributed by atoms with Gasteiger partial charge in [-0.1, -0.05) is 30.3 Å². The van der Waals surface area contributed by atoms with Gasteiger partial charge < -0.3 is 4.90 Å². The van der Waals surface area contributed by atoms with Gasteiger partial charge in [-0.15, -0.1) is 11.3 Å². The first-order valence-electron chi connectivity index (χ1n) is 9.49. The van der Waals surface area contributed by atoms with E-state index in [0.29, 0.717) is 5.56 Å². The SMILES string of the molecule is C[C@@H](c1nc2ccccc2s1)N(C)C(=O)CCN1C(=O)Cc2ccccc2C1=O. The number of amides is 3. The fraction of sp³-hybridized carbons (Fsp3) is 0.273. The van der Waals surface area contributed by atoms with Crippen LogP contribution in [0.4, 0.5) is 0 Å². The second-order valence-electron chi connectivity index (χ2n) is 7.13. The fourth-order valence-corrected chi connectivity index (χ4v) is 4.52. The van der Waals surface area contributed by atoms with Crippen molar-refractivity contribution in [2.45, 2.75) is 25.8 Å². The van der Waals surface area contributed by atoms with Gasteiger partial charge in [0.15, 0.2) is 0 Å². The lowest BCUT2D eigenvalue weighted by molar-refractivity contribution is -0.133. The number of rotatable bonds is 5. The molecule has 0 spiro atoms. The van der Waals surface area contributed by atoms with Crippen LogP contribution in [0.5, 0.6) is 0 Å². The van der Waals surface area contributed by atoms with Gasteiger partial charge in [0.25, 0.3) is 5.91 Å². The Morgan fingerprint density at radius 1 is 1.17 bits per heavy atom. The zero-order valence-corrected chi connectivity index (χ0v) is 17.1. The van der Waals surface area contributed by atoms with Crippen LogP contribution in [-0.4, -0.2) is 46.1 Å². The summed E-state index contributed by atoms with van der Waals surface area (Å²) in [5, 5.41) is 0.862. The lowest BCUT2D eigenvalue weighted by Crippen LogP contribution is -2.44. The smallest absolute Gasteiger partial charge is 0.260 e. The lowest BCUT2D eigenvalue weighted by Gasteiger charge is -2.28. The topological polar surface area (TPSA) is 70.6 Å². The number of carbonyl (C=O) groups is 3. The van der Waals surface area contributed by atoms with Crippen molar-refractivity contribution in [3.63, 3.8) is 0 Å². The molecule has 2 heterocycles. The van der Waals surface area contributed by atoms with Gasteiger partial charge in [0.2, 0.25) is 11.8 Å². The van der Waals surface area contributed by atoms with Crippen LogP contribution in [0.15, 0.2) is 48.5 Å². The molecule has 2 aromatic carbocycles. The van der Waals surface area contributed by atoms with E-state index < -0.39 is 0 Å². The summed E-state index contributed by atoms with van der Waals surface area (Å²) in [7, 11) is 1.73. The number of para-hydroxylation sites is 1. The summed E-state index contributed by atoms with van der Waals surface area (Å²) >= 11 is 1.57. The highest BCUT2D eigenvalue weighted by Gasteiger charge is 2.31. The lowest BCUT2D eigenvalue weighted by atomic mass is 9.98. The van der Waals surface area contributed by atoms with Gasteiger partial charge in [-0.25, -0.2) is 4.98 Å². The zero-order valence-electron chi connectivity index (χ0n) is 16.3. The van der Waals surface area contributed by atoms with Crippen molar-refractivity contribution in [3.05, 3.63) is 64.7 Å². The Morgan fingerprint density at radius 2 is 1.90 bits per heavy atom. The van der Waals surface area contributed by atoms with Crippen molar-refractivity contribution in [2.75, 3.05) is 13.6 Å². The van der Waals surface area contributed by atoms with Crippen LogP contribution in [0.1, 0.15) is 40.3 Å². The standard InChI is InChI=1S/C22H21N3O3S/c1-14(21-23-17-9-5-6-10-18(17)29-21)24(2)19(26)11-12-25-20(27)13-15-7-3-4-8-16(15)22(25)28/h3-10,14H,11-13H2,1-2H3/t14-/m0/s1. The van der Waals surface area contributed by atoms with Crippen LogP contribution < -0.4 is 0 Å². The van der Waals surface area contributed by atoms with Gasteiger partial charge in [-0.2, -0.15) is 0 Å². The third-order valence-electron chi connectivity index (χ3n) is 5.33. The zero-order chi connectivity index (χ0) is 20.5. The molecule has 0 fully saturated rings. The van der Waals surface area contributed by atoms with Crippen LogP contribution in [0, 0.1) is 0 Å². The monoisotopic (exact) mass is 407 g/mol. The van der Waals surface area contributed by atoms with E-state index in [0.717, 1.165) is 20.8 Å². The summed E-state index contributed by atoms with van der Waals surface area (Å²) < 4.78 is 1.08. The molecule has 0 bridgehead atoms. The predicted octanol–water partition coefficient (Wildman–Crippen LogP) is 3.43. The summed E-state index contributed by atoms with van der Waals surface area (Å²) in [4.78, 5) is 45.2. The molecule has 4 rings (SSSR count). The van der Waals surface area contributed by atoms with Gasteiger partial charge in [-0.05, 0) is 30.7 Å². The van der Waals surface area contributed by atoms with Gasteiger partial charge in [-0.3, -0.25) is 19.3 Å². The van der Waals surface area contributed by atoms with Crippen molar-refractivity contribution in [1.29, 1.82) is 0 Å². The molecule has 3 amide bonds. The van der Waals surface area contributed by atoms with Crippen molar-refractivity contribution in [3.8, 4) is 0 Å². The molecule has 1 atom stereocenters. The van der Waals surface area contributed by atoms with Gasteiger partial charge in [0.1, 0.15) is 5.01 Å². The van der Waals surface area contributed by atoms with E-state index in [2.05, 4.69) is 4.98 Å². The number of carbonyl (C=O) groups excluding carboxylic acids is 3. The van der Waals surface area contributed by atoms with E-state index in [1.165, 1.54) is 4.90 Å². The molecular weight excluding hydrogens is 386 g/mol. The molecule has 6 nitrogen and oxygen atoms in total. The minimum Gasteiger partial charge on any atom is -0.337 e. The summed E-state index contributed by atoms with van der Waals surface area (Å²) in [5.41, 5.74) is 2.20. The van der Waals surface area contributed by atoms with E-state index >= 15 is 0 Å². The molecule has 148 valence electrons. The maximum Gasteiger partial charge on any atom is 0.260 e. The Bertz CT molecular complexity index is 1070. The number of benzene rings is 2. The summed E-state index contributed by atoms with van der Waals surface area (Å²) in [6, 6.07) is 14.8. The molecule has 3 aromatic rings. The second kappa shape index (κ2) is 7.75. The van der Waals surface area contributed by atoms with Gasteiger partial charge >= 0.3 is 0 Å². The third-order valence-corrected chi connectivity index (χ3v) is 6.53. The molecule has 29 heavy (non-hydrogen) atoms. The number of hydrogen-bond acceptors (Lipinski definition) is 5. The highest BCUT2D eigenvalue weighted by molar-refractivity contribution is 7.18. The van der Waals surface area contributed by atoms with Crippen LogP contribution in [0.2, 0.25) is 0 Å². The van der Waals surface area contributed by atoms with E-state index in [4.69, 9.17) is 0 Å². The number of thiazole rings is 1. The minimum atomic E-state index is -0.327. The Kier molecular flexibility index (Phi) is 5.15. The summed E-state index contributed by atoms with van der Waals surface area (Å²) in [5.74, 6) is -0.717. The Balaban J connectivity index is 1.42. The number of fused-ring (bicyclic) bond motifs is 2. The molecular formula is C22H21N3O3S. The number of aromatic nitrogens is 1.